The van der Waals surface area contributed by atoms with E-state index in [2.05, 4.69) is 20.6 Å². The van der Waals surface area contributed by atoms with Gasteiger partial charge in [-0.2, -0.15) is 0 Å². The fourth-order valence-electron chi connectivity index (χ4n) is 3.08. The number of carbonyl (C=O) groups excluding carboxylic acids is 1. The van der Waals surface area contributed by atoms with Gasteiger partial charge in [-0.15, -0.1) is 0 Å². The van der Waals surface area contributed by atoms with E-state index in [9.17, 15) is 9.90 Å². The molecule has 0 saturated carbocycles. The third-order valence-electron chi connectivity index (χ3n) is 4.69. The van der Waals surface area contributed by atoms with E-state index in [1.54, 1.807) is 48.8 Å². The van der Waals surface area contributed by atoms with Gasteiger partial charge in [0.1, 0.15) is 22.9 Å². The molecular weight excluding hydrogens is 404 g/mol. The average Bonchev–Trinajstić information content (AvgIpc) is 2.82. The molecule has 3 N–H and O–H groups in total. The molecular formula is C25H22N4O3. The molecule has 0 unspecified atom stereocenters. The molecule has 7 nitrogen and oxygen atoms in total. The first kappa shape index (κ1) is 20.9. The normalized spacial score (nSPS) is 10.4. The molecule has 0 bridgehead atoms. The van der Waals surface area contributed by atoms with Gasteiger partial charge in [0.2, 0.25) is 5.88 Å². The van der Waals surface area contributed by atoms with Crippen LogP contribution in [0.2, 0.25) is 0 Å². The maximum absolute atomic E-state index is 12.7. The number of hydrogen-bond acceptors (Lipinski definition) is 6. The maximum Gasteiger partial charge on any atom is 0.256 e. The number of carbonyl (C=O) groups is 1. The molecule has 0 atom stereocenters. The number of hydrogen-bond donors (Lipinski definition) is 3. The zero-order valence-corrected chi connectivity index (χ0v) is 17.2. The van der Waals surface area contributed by atoms with E-state index < -0.39 is 0 Å². The minimum absolute atomic E-state index is 0.216. The largest absolute Gasteiger partial charge is 0.508 e. The van der Waals surface area contributed by atoms with E-state index in [1.807, 2.05) is 42.5 Å². The van der Waals surface area contributed by atoms with E-state index in [0.29, 0.717) is 24.3 Å². The number of nitrogens with zero attached hydrogens (tertiary/aromatic N) is 2. The zero-order valence-electron chi connectivity index (χ0n) is 17.2. The number of amides is 1. The lowest BCUT2D eigenvalue weighted by Crippen LogP contribution is -2.26. The number of anilines is 2. The van der Waals surface area contributed by atoms with Crippen LogP contribution < -0.4 is 15.4 Å². The van der Waals surface area contributed by atoms with Crippen LogP contribution in [0.5, 0.6) is 17.4 Å². The Morgan fingerprint density at radius 2 is 1.66 bits per heavy atom. The molecule has 2 aromatic heterocycles. The van der Waals surface area contributed by atoms with Crippen molar-refractivity contribution in [3.05, 3.63) is 102 Å². The van der Waals surface area contributed by atoms with Gasteiger partial charge in [-0.25, -0.2) is 9.97 Å². The van der Waals surface area contributed by atoms with Gasteiger partial charge in [-0.05, 0) is 66.6 Å². The molecule has 7 heteroatoms. The van der Waals surface area contributed by atoms with Crippen LogP contribution >= 0.6 is 0 Å². The summed E-state index contributed by atoms with van der Waals surface area (Å²) in [5.41, 5.74) is 1.97. The molecule has 0 radical (unpaired) electrons. The highest BCUT2D eigenvalue weighted by Gasteiger charge is 2.14. The van der Waals surface area contributed by atoms with Crippen LogP contribution in [0.25, 0.3) is 0 Å². The number of rotatable bonds is 8. The Hall–Kier alpha value is -4.39. The first-order chi connectivity index (χ1) is 15.7. The predicted molar refractivity (Wildman–Crippen MR) is 122 cm³/mol. The number of aromatic hydroxyl groups is 1. The average molecular weight is 426 g/mol. The summed E-state index contributed by atoms with van der Waals surface area (Å²) >= 11 is 0. The summed E-state index contributed by atoms with van der Waals surface area (Å²) in [7, 11) is 0. The first-order valence-electron chi connectivity index (χ1n) is 10.1. The highest BCUT2D eigenvalue weighted by molar-refractivity contribution is 5.96. The molecule has 0 spiro atoms. The molecule has 32 heavy (non-hydrogen) atoms. The third-order valence-corrected chi connectivity index (χ3v) is 4.69. The van der Waals surface area contributed by atoms with Crippen LogP contribution in [0, 0.1) is 0 Å². The van der Waals surface area contributed by atoms with Gasteiger partial charge >= 0.3 is 0 Å². The van der Waals surface area contributed by atoms with Gasteiger partial charge in [0, 0.05) is 24.6 Å². The van der Waals surface area contributed by atoms with Crippen molar-refractivity contribution in [3.63, 3.8) is 0 Å². The monoisotopic (exact) mass is 426 g/mol. The number of phenols is 1. The fourth-order valence-corrected chi connectivity index (χ4v) is 3.08. The van der Waals surface area contributed by atoms with Crippen molar-refractivity contribution in [1.29, 1.82) is 0 Å². The van der Waals surface area contributed by atoms with Crippen molar-refractivity contribution in [2.75, 3.05) is 11.9 Å². The van der Waals surface area contributed by atoms with Gasteiger partial charge in [0.15, 0.2) is 0 Å². The quantitative estimate of drug-likeness (QED) is 0.378. The summed E-state index contributed by atoms with van der Waals surface area (Å²) in [4.78, 5) is 21.1. The number of nitrogens with one attached hydrogen (secondary N) is 2. The number of aromatic nitrogens is 2. The van der Waals surface area contributed by atoms with E-state index >= 15 is 0 Å². The lowest BCUT2D eigenvalue weighted by molar-refractivity contribution is 0.0951. The minimum atomic E-state index is -0.294. The molecule has 4 aromatic rings. The van der Waals surface area contributed by atoms with Crippen LogP contribution in [0.15, 0.2) is 91.3 Å². The van der Waals surface area contributed by atoms with Crippen LogP contribution in [0.4, 0.5) is 11.5 Å². The Morgan fingerprint density at radius 1 is 0.875 bits per heavy atom. The second-order valence-electron chi connectivity index (χ2n) is 6.96. The summed E-state index contributed by atoms with van der Waals surface area (Å²) in [5.74, 6) is 1.44. The smallest absolute Gasteiger partial charge is 0.256 e. The van der Waals surface area contributed by atoms with Gasteiger partial charge < -0.3 is 20.5 Å². The summed E-state index contributed by atoms with van der Waals surface area (Å²) < 4.78 is 5.86. The van der Waals surface area contributed by atoms with Crippen molar-refractivity contribution >= 4 is 17.4 Å². The first-order valence-corrected chi connectivity index (χ1v) is 10.1. The van der Waals surface area contributed by atoms with E-state index in [1.165, 1.54) is 0 Å². The summed E-state index contributed by atoms with van der Waals surface area (Å²) in [6, 6.07) is 23.4. The second kappa shape index (κ2) is 10.1. The van der Waals surface area contributed by atoms with Crippen molar-refractivity contribution in [3.8, 4) is 17.4 Å². The highest BCUT2D eigenvalue weighted by atomic mass is 16.5. The van der Waals surface area contributed by atoms with E-state index in [4.69, 9.17) is 4.74 Å². The Bertz CT molecular complexity index is 1180. The molecule has 0 aliphatic heterocycles. The fraction of sp³-hybridized carbons (Fsp3) is 0.0800. The summed E-state index contributed by atoms with van der Waals surface area (Å²) in [5, 5.41) is 15.9. The maximum atomic E-state index is 12.7. The van der Waals surface area contributed by atoms with Crippen molar-refractivity contribution in [2.45, 2.75) is 6.42 Å². The molecule has 4 rings (SSSR count). The Morgan fingerprint density at radius 3 is 2.44 bits per heavy atom. The topological polar surface area (TPSA) is 96.4 Å². The summed E-state index contributed by atoms with van der Waals surface area (Å²) in [6.07, 6.45) is 3.81. The Balaban J connectivity index is 1.38. The van der Waals surface area contributed by atoms with Crippen LogP contribution in [-0.4, -0.2) is 27.5 Å². The van der Waals surface area contributed by atoms with Crippen LogP contribution in [0.3, 0.4) is 0 Å². The van der Waals surface area contributed by atoms with Gasteiger partial charge in [-0.3, -0.25) is 4.79 Å². The van der Waals surface area contributed by atoms with Gasteiger partial charge in [-0.1, -0.05) is 24.3 Å². The molecule has 0 aliphatic carbocycles. The lowest BCUT2D eigenvalue weighted by atomic mass is 10.1. The Kier molecular flexibility index (Phi) is 6.57. The zero-order chi connectivity index (χ0) is 22.2. The Labute approximate surface area is 185 Å². The van der Waals surface area contributed by atoms with Crippen molar-refractivity contribution in [2.24, 2.45) is 0 Å². The molecule has 160 valence electrons. The van der Waals surface area contributed by atoms with Crippen molar-refractivity contribution in [1.82, 2.24) is 15.3 Å². The lowest BCUT2D eigenvalue weighted by Gasteiger charge is -2.11. The molecule has 2 aromatic carbocycles. The minimum Gasteiger partial charge on any atom is -0.508 e. The number of para-hydroxylation sites is 1. The molecule has 0 aliphatic rings. The van der Waals surface area contributed by atoms with Crippen molar-refractivity contribution < 1.29 is 14.6 Å². The van der Waals surface area contributed by atoms with Crippen LogP contribution in [0.1, 0.15) is 15.9 Å². The number of phenolic OH excluding ortho intramolecular Hbond substituents is 1. The summed E-state index contributed by atoms with van der Waals surface area (Å²) in [6.45, 7) is 0.374. The van der Waals surface area contributed by atoms with E-state index in [-0.39, 0.29) is 17.5 Å². The molecule has 0 saturated heterocycles. The van der Waals surface area contributed by atoms with E-state index in [0.717, 1.165) is 17.1 Å². The van der Waals surface area contributed by atoms with Gasteiger partial charge in [0.05, 0.1) is 0 Å². The molecule has 1 amide bonds. The molecule has 2 heterocycles. The standard InChI is InChI=1S/C25H22N4O3/c30-22-8-2-1-6-18(22)14-17-27-24(31)21-7-5-16-28-25(21)32-20-12-10-19(11-13-20)29-23-9-3-4-15-26-23/h1-13,15-16,30H,14,17H2,(H,26,29)(H,27,31). The number of pyridine rings is 2. The number of ether oxygens (including phenoxy) is 1. The second-order valence-corrected chi connectivity index (χ2v) is 6.96. The van der Waals surface area contributed by atoms with Gasteiger partial charge in [0.25, 0.3) is 5.91 Å². The SMILES string of the molecule is O=C(NCCc1ccccc1O)c1cccnc1Oc1ccc(Nc2ccccn2)cc1. The highest BCUT2D eigenvalue weighted by Crippen LogP contribution is 2.25. The molecule has 0 fully saturated rings. The number of benzene rings is 2. The third kappa shape index (κ3) is 5.40. The predicted octanol–water partition coefficient (Wildman–Crippen LogP) is 4.69. The van der Waals surface area contributed by atoms with Crippen LogP contribution in [-0.2, 0) is 6.42 Å².